The molecule has 1 saturated heterocycles. The van der Waals surface area contributed by atoms with Crippen molar-refractivity contribution in [2.24, 2.45) is 11.8 Å². The van der Waals surface area contributed by atoms with Crippen LogP contribution >= 0.6 is 11.6 Å². The van der Waals surface area contributed by atoms with Crippen molar-refractivity contribution in [3.05, 3.63) is 58.5 Å². The number of benzene rings is 1. The van der Waals surface area contributed by atoms with Gasteiger partial charge in [0.2, 0.25) is 5.95 Å². The van der Waals surface area contributed by atoms with Crippen LogP contribution in [0.15, 0.2) is 24.5 Å². The maximum Gasteiger partial charge on any atom is 0.242 e. The Hall–Kier alpha value is -2.88. The first-order valence-corrected chi connectivity index (χ1v) is 12.4. The summed E-state index contributed by atoms with van der Waals surface area (Å²) < 4.78 is 44.0. The lowest BCUT2D eigenvalue weighted by Gasteiger charge is -2.38. The molecule has 1 N–H and O–H groups in total. The molecule has 7 nitrogen and oxygen atoms in total. The summed E-state index contributed by atoms with van der Waals surface area (Å²) in [5.41, 5.74) is 0.128. The number of nitrogens with one attached hydrogen (secondary N) is 1. The maximum absolute atomic E-state index is 14.7. The summed E-state index contributed by atoms with van der Waals surface area (Å²) in [4.78, 5) is 15.4. The normalized spacial score (nSPS) is 25.9. The van der Waals surface area contributed by atoms with Crippen molar-refractivity contribution < 1.29 is 13.2 Å². The van der Waals surface area contributed by atoms with E-state index in [1.165, 1.54) is 12.4 Å². The van der Waals surface area contributed by atoms with E-state index < -0.39 is 23.4 Å². The smallest absolute Gasteiger partial charge is 0.242 e. The molecule has 3 aromatic rings. The Morgan fingerprint density at radius 3 is 2.54 bits per heavy atom. The van der Waals surface area contributed by atoms with Crippen LogP contribution in [0.4, 0.5) is 24.9 Å². The van der Waals surface area contributed by atoms with Gasteiger partial charge in [0, 0.05) is 43.2 Å². The number of hydrogen-bond donors (Lipinski definition) is 1. The van der Waals surface area contributed by atoms with Gasteiger partial charge in [0.1, 0.15) is 23.1 Å². The minimum Gasteiger partial charge on any atom is -0.356 e. The molecule has 3 aliphatic rings. The second-order valence-electron chi connectivity index (χ2n) is 9.70. The second-order valence-corrected chi connectivity index (χ2v) is 10.1. The lowest BCUT2D eigenvalue weighted by Crippen LogP contribution is -2.48. The van der Waals surface area contributed by atoms with E-state index in [4.69, 9.17) is 16.6 Å². The molecule has 184 valence electrons. The Morgan fingerprint density at radius 2 is 1.77 bits per heavy atom. The van der Waals surface area contributed by atoms with E-state index in [1.54, 1.807) is 10.7 Å². The number of halogens is 4. The van der Waals surface area contributed by atoms with E-state index in [0.29, 0.717) is 41.7 Å². The molecule has 0 radical (unpaired) electrons. The molecule has 35 heavy (non-hydrogen) atoms. The van der Waals surface area contributed by atoms with Gasteiger partial charge in [-0.2, -0.15) is 4.98 Å². The number of nitrogens with zero attached hydrogens (tertiary/aromatic N) is 6. The van der Waals surface area contributed by atoms with E-state index in [0.717, 1.165) is 50.7 Å². The molecule has 1 aliphatic carbocycles. The first kappa shape index (κ1) is 22.6. The van der Waals surface area contributed by atoms with Crippen molar-refractivity contribution in [2.75, 3.05) is 23.3 Å². The number of rotatable bonds is 4. The standard InChI is InChI=1S/C24H25ClF3N7/c25-18-9-19(30-12-29-18)34-10-13-4-5-14(11-34)22(13)31-24-32-23-16(3-1-2-8-35(23)33-24)15-6-7-17(26)21(28)20(15)27/h6-7,9,12-14,16,22H,1-5,8,10-11H2,(H,31,33)/t13-,14?,16?,22?/m0/s1. The highest BCUT2D eigenvalue weighted by Crippen LogP contribution is 2.40. The molecule has 4 heterocycles. The average molecular weight is 504 g/mol. The average Bonchev–Trinajstić information content (AvgIpc) is 3.25. The van der Waals surface area contributed by atoms with Crippen LogP contribution in [0, 0.1) is 29.3 Å². The molecule has 2 aromatic heterocycles. The fourth-order valence-corrected chi connectivity index (χ4v) is 6.11. The van der Waals surface area contributed by atoms with Crippen molar-refractivity contribution >= 4 is 23.4 Å². The molecule has 4 atom stereocenters. The van der Waals surface area contributed by atoms with Crippen LogP contribution in [-0.2, 0) is 6.54 Å². The number of fused-ring (bicyclic) bond motifs is 3. The molecule has 6 rings (SSSR count). The van der Waals surface area contributed by atoms with Crippen molar-refractivity contribution in [3.63, 3.8) is 0 Å². The summed E-state index contributed by atoms with van der Waals surface area (Å²) in [5, 5.41) is 8.67. The number of aryl methyl sites for hydroxylation is 1. The lowest BCUT2D eigenvalue weighted by atomic mass is 9.92. The third-order valence-electron chi connectivity index (χ3n) is 7.64. The minimum atomic E-state index is -1.44. The molecule has 2 fully saturated rings. The Labute approximate surface area is 205 Å². The van der Waals surface area contributed by atoms with Gasteiger partial charge in [-0.25, -0.2) is 27.8 Å². The highest BCUT2D eigenvalue weighted by molar-refractivity contribution is 6.29. The van der Waals surface area contributed by atoms with Crippen LogP contribution in [0.5, 0.6) is 0 Å². The number of hydrogen-bond acceptors (Lipinski definition) is 6. The van der Waals surface area contributed by atoms with Gasteiger partial charge >= 0.3 is 0 Å². The number of anilines is 2. The minimum absolute atomic E-state index is 0.128. The Morgan fingerprint density at radius 1 is 0.971 bits per heavy atom. The van der Waals surface area contributed by atoms with E-state index in [-0.39, 0.29) is 11.6 Å². The molecule has 2 bridgehead atoms. The zero-order valence-electron chi connectivity index (χ0n) is 19.0. The van der Waals surface area contributed by atoms with Gasteiger partial charge < -0.3 is 10.2 Å². The van der Waals surface area contributed by atoms with Gasteiger partial charge in [0.15, 0.2) is 17.5 Å². The molecule has 1 saturated carbocycles. The first-order valence-electron chi connectivity index (χ1n) is 12.0. The molecule has 1 aromatic carbocycles. The highest BCUT2D eigenvalue weighted by Gasteiger charge is 2.43. The van der Waals surface area contributed by atoms with E-state index in [2.05, 4.69) is 25.3 Å². The van der Waals surface area contributed by atoms with E-state index in [1.807, 2.05) is 0 Å². The monoisotopic (exact) mass is 503 g/mol. The van der Waals surface area contributed by atoms with E-state index in [9.17, 15) is 13.2 Å². The topological polar surface area (TPSA) is 71.8 Å². The predicted octanol–water partition coefficient (Wildman–Crippen LogP) is 4.78. The molecule has 3 unspecified atom stereocenters. The Bertz CT molecular complexity index is 1240. The van der Waals surface area contributed by atoms with Gasteiger partial charge in [-0.1, -0.05) is 24.1 Å². The zero-order chi connectivity index (χ0) is 24.1. The summed E-state index contributed by atoms with van der Waals surface area (Å²) in [7, 11) is 0. The van der Waals surface area contributed by atoms with Gasteiger partial charge in [-0.05, 0) is 43.6 Å². The summed E-state index contributed by atoms with van der Waals surface area (Å²) >= 11 is 6.06. The van der Waals surface area contributed by atoms with Gasteiger partial charge in [-0.3, -0.25) is 0 Å². The van der Waals surface area contributed by atoms with Crippen LogP contribution in [0.25, 0.3) is 0 Å². The molecular formula is C24H25ClF3N7. The summed E-state index contributed by atoms with van der Waals surface area (Å²) in [6.07, 6.45) is 5.96. The van der Waals surface area contributed by atoms with Gasteiger partial charge in [0.05, 0.1) is 0 Å². The summed E-state index contributed by atoms with van der Waals surface area (Å²) in [6.45, 7) is 2.35. The molecule has 0 amide bonds. The van der Waals surface area contributed by atoms with Gasteiger partial charge in [0.25, 0.3) is 0 Å². The van der Waals surface area contributed by atoms with E-state index >= 15 is 0 Å². The van der Waals surface area contributed by atoms with Crippen molar-refractivity contribution in [3.8, 4) is 0 Å². The van der Waals surface area contributed by atoms with Crippen LogP contribution in [0.2, 0.25) is 5.15 Å². The molecular weight excluding hydrogens is 479 g/mol. The third kappa shape index (κ3) is 4.11. The quantitative estimate of drug-likeness (QED) is 0.408. The fraction of sp³-hybridized carbons (Fsp3) is 0.500. The van der Waals surface area contributed by atoms with Crippen molar-refractivity contribution in [1.82, 2.24) is 24.7 Å². The SMILES string of the molecule is Fc1ccc(C2CCCCn3nc(NC4C5CC[C@H]4CN(c4cc(Cl)ncn4)C5)nc32)c(F)c1F. The largest absolute Gasteiger partial charge is 0.356 e. The predicted molar refractivity (Wildman–Crippen MR) is 125 cm³/mol. The molecule has 0 spiro atoms. The fourth-order valence-electron chi connectivity index (χ4n) is 5.97. The highest BCUT2D eigenvalue weighted by atomic mass is 35.5. The number of aromatic nitrogens is 5. The first-order chi connectivity index (χ1) is 17.0. The Balaban J connectivity index is 1.24. The zero-order valence-corrected chi connectivity index (χ0v) is 19.7. The second kappa shape index (κ2) is 8.96. The number of piperidine rings is 1. The van der Waals surface area contributed by atoms with Crippen molar-refractivity contribution in [1.29, 1.82) is 0 Å². The van der Waals surface area contributed by atoms with Crippen LogP contribution in [0.1, 0.15) is 49.4 Å². The maximum atomic E-state index is 14.7. The molecule has 11 heteroatoms. The van der Waals surface area contributed by atoms with Crippen LogP contribution < -0.4 is 10.2 Å². The Kier molecular flexibility index (Phi) is 5.78. The summed E-state index contributed by atoms with van der Waals surface area (Å²) in [6, 6.07) is 4.31. The lowest BCUT2D eigenvalue weighted by molar-refractivity contribution is 0.374. The van der Waals surface area contributed by atoms with Crippen molar-refractivity contribution in [2.45, 2.75) is 50.6 Å². The third-order valence-corrected chi connectivity index (χ3v) is 7.84. The van der Waals surface area contributed by atoms with Crippen LogP contribution in [-0.4, -0.2) is 43.9 Å². The summed E-state index contributed by atoms with van der Waals surface area (Å²) in [5.74, 6) is -1.52. The van der Waals surface area contributed by atoms with Gasteiger partial charge in [-0.15, -0.1) is 5.10 Å². The molecule has 2 aliphatic heterocycles. The van der Waals surface area contributed by atoms with Crippen LogP contribution in [0.3, 0.4) is 0 Å².